The number of rotatable bonds is 4. The summed E-state index contributed by atoms with van der Waals surface area (Å²) < 4.78 is 6.21. The molecule has 0 atom stereocenters. The Labute approximate surface area is 128 Å². The highest BCUT2D eigenvalue weighted by atomic mass is 16.4. The van der Waals surface area contributed by atoms with Gasteiger partial charge >= 0.3 is 5.76 Å². The van der Waals surface area contributed by atoms with E-state index in [9.17, 15) is 14.4 Å². The van der Waals surface area contributed by atoms with Gasteiger partial charge in [-0.3, -0.25) is 14.6 Å². The van der Waals surface area contributed by atoms with Gasteiger partial charge in [0, 0.05) is 18.7 Å². The number of hydrogen-bond acceptors (Lipinski definition) is 6. The molecule has 3 N–H and O–H groups in total. The third-order valence-corrected chi connectivity index (χ3v) is 2.85. The van der Waals surface area contributed by atoms with Gasteiger partial charge in [0.1, 0.15) is 6.54 Å². The van der Waals surface area contributed by atoms with Crippen molar-refractivity contribution in [3.05, 3.63) is 34.9 Å². The molecule has 0 bridgehead atoms. The van der Waals surface area contributed by atoms with Crippen LogP contribution in [0.5, 0.6) is 0 Å². The molecule has 10 heteroatoms. The van der Waals surface area contributed by atoms with Gasteiger partial charge in [-0.1, -0.05) is 5.21 Å². The summed E-state index contributed by atoms with van der Waals surface area (Å²) in [5, 5.41) is 12.5. The van der Waals surface area contributed by atoms with E-state index in [1.807, 2.05) is 0 Å². The van der Waals surface area contributed by atoms with Gasteiger partial charge in [0.15, 0.2) is 11.4 Å². The molecule has 2 heterocycles. The van der Waals surface area contributed by atoms with Crippen LogP contribution in [-0.2, 0) is 16.1 Å². The van der Waals surface area contributed by atoms with Crippen LogP contribution in [0.2, 0.25) is 0 Å². The fourth-order valence-corrected chi connectivity index (χ4v) is 1.98. The second-order valence-electron chi connectivity index (χ2n) is 4.76. The van der Waals surface area contributed by atoms with Gasteiger partial charge in [0.25, 0.3) is 0 Å². The summed E-state index contributed by atoms with van der Waals surface area (Å²) in [6.45, 7) is 1.27. The minimum atomic E-state index is -0.559. The van der Waals surface area contributed by atoms with Gasteiger partial charge in [0.05, 0.1) is 11.7 Å². The van der Waals surface area contributed by atoms with Crippen LogP contribution in [0.3, 0.4) is 0 Å². The molecule has 23 heavy (non-hydrogen) atoms. The molecule has 118 valence electrons. The molecule has 2 aromatic heterocycles. The second kappa shape index (κ2) is 5.75. The van der Waals surface area contributed by atoms with E-state index in [1.54, 1.807) is 12.1 Å². The number of fused-ring (bicyclic) bond motifs is 1. The molecule has 0 saturated carbocycles. The molecule has 3 aromatic rings. The Bertz CT molecular complexity index is 937. The van der Waals surface area contributed by atoms with Crippen LogP contribution in [0.4, 0.5) is 11.5 Å². The normalized spacial score (nSPS) is 10.7. The molecule has 0 aliphatic heterocycles. The minimum absolute atomic E-state index is 0.0816. The lowest BCUT2D eigenvalue weighted by Gasteiger charge is -2.04. The van der Waals surface area contributed by atoms with Crippen molar-refractivity contribution in [1.82, 2.24) is 20.0 Å². The van der Waals surface area contributed by atoms with E-state index < -0.39 is 5.76 Å². The molecule has 2 amide bonds. The summed E-state index contributed by atoms with van der Waals surface area (Å²) in [5.41, 5.74) is 1.37. The number of oxazole rings is 1. The Balaban J connectivity index is 1.66. The first-order valence-electron chi connectivity index (χ1n) is 6.60. The smallest absolute Gasteiger partial charge is 0.408 e. The van der Waals surface area contributed by atoms with Gasteiger partial charge < -0.3 is 15.1 Å². The van der Waals surface area contributed by atoms with Gasteiger partial charge in [-0.25, -0.2) is 9.48 Å². The van der Waals surface area contributed by atoms with Crippen molar-refractivity contribution in [3.8, 4) is 0 Å². The van der Waals surface area contributed by atoms with E-state index in [4.69, 9.17) is 4.42 Å². The van der Waals surface area contributed by atoms with Crippen molar-refractivity contribution in [1.29, 1.82) is 0 Å². The monoisotopic (exact) mass is 316 g/mol. The first-order valence-corrected chi connectivity index (χ1v) is 6.60. The minimum Gasteiger partial charge on any atom is -0.408 e. The number of nitrogens with zero attached hydrogens (tertiary/aromatic N) is 3. The molecule has 0 aliphatic rings. The van der Waals surface area contributed by atoms with E-state index in [0.717, 1.165) is 0 Å². The summed E-state index contributed by atoms with van der Waals surface area (Å²) >= 11 is 0. The van der Waals surface area contributed by atoms with Crippen LogP contribution in [0.1, 0.15) is 6.92 Å². The van der Waals surface area contributed by atoms with Crippen LogP contribution in [0.15, 0.2) is 33.6 Å². The molecule has 0 aliphatic carbocycles. The fourth-order valence-electron chi connectivity index (χ4n) is 1.98. The topological polar surface area (TPSA) is 135 Å². The van der Waals surface area contributed by atoms with E-state index in [0.29, 0.717) is 16.8 Å². The highest BCUT2D eigenvalue weighted by Crippen LogP contribution is 2.16. The Morgan fingerprint density at radius 1 is 1.35 bits per heavy atom. The highest BCUT2D eigenvalue weighted by Gasteiger charge is 2.09. The fraction of sp³-hybridized carbons (Fsp3) is 0.154. The average Bonchev–Trinajstić information content (AvgIpc) is 3.03. The predicted molar refractivity (Wildman–Crippen MR) is 79.8 cm³/mol. The Morgan fingerprint density at radius 3 is 2.96 bits per heavy atom. The number of carbonyl (C=O) groups excluding carboxylic acids is 2. The number of amides is 2. The summed E-state index contributed by atoms with van der Waals surface area (Å²) in [6.07, 6.45) is 1.44. The second-order valence-corrected chi connectivity index (χ2v) is 4.76. The highest BCUT2D eigenvalue weighted by molar-refractivity contribution is 5.92. The number of H-pyrrole nitrogens is 1. The number of aromatic nitrogens is 4. The van der Waals surface area contributed by atoms with Crippen LogP contribution in [0, 0.1) is 0 Å². The number of nitrogens with one attached hydrogen (secondary N) is 3. The van der Waals surface area contributed by atoms with Gasteiger partial charge in [0.2, 0.25) is 11.8 Å². The third kappa shape index (κ3) is 3.43. The molecule has 0 spiro atoms. The molecular weight excluding hydrogens is 304 g/mol. The Kier molecular flexibility index (Phi) is 3.63. The molecule has 0 saturated heterocycles. The van der Waals surface area contributed by atoms with Gasteiger partial charge in [-0.05, 0) is 12.1 Å². The van der Waals surface area contributed by atoms with Crippen molar-refractivity contribution >= 4 is 34.4 Å². The number of carbonyl (C=O) groups is 2. The largest absolute Gasteiger partial charge is 0.417 e. The first kappa shape index (κ1) is 14.5. The van der Waals surface area contributed by atoms with Crippen molar-refractivity contribution in [3.63, 3.8) is 0 Å². The number of hydrogen-bond donors (Lipinski definition) is 3. The zero-order valence-corrected chi connectivity index (χ0v) is 12.0. The third-order valence-electron chi connectivity index (χ3n) is 2.85. The number of aromatic amines is 1. The van der Waals surface area contributed by atoms with E-state index in [1.165, 1.54) is 23.9 Å². The van der Waals surface area contributed by atoms with Crippen molar-refractivity contribution in [2.24, 2.45) is 0 Å². The number of anilines is 2. The summed E-state index contributed by atoms with van der Waals surface area (Å²) in [6, 6.07) is 4.80. The first-order chi connectivity index (χ1) is 11.0. The summed E-state index contributed by atoms with van der Waals surface area (Å²) in [7, 11) is 0. The van der Waals surface area contributed by atoms with Crippen LogP contribution < -0.4 is 16.4 Å². The Hall–Kier alpha value is -3.43. The lowest BCUT2D eigenvalue weighted by molar-refractivity contribution is -0.117. The summed E-state index contributed by atoms with van der Waals surface area (Å²) in [5.74, 6) is -0.915. The van der Waals surface area contributed by atoms with Crippen molar-refractivity contribution in [2.45, 2.75) is 13.5 Å². The van der Waals surface area contributed by atoms with Crippen LogP contribution in [-0.4, -0.2) is 31.8 Å². The summed E-state index contributed by atoms with van der Waals surface area (Å²) in [4.78, 5) is 36.5. The molecule has 3 rings (SSSR count). The van der Waals surface area contributed by atoms with E-state index in [-0.39, 0.29) is 24.2 Å². The maximum absolute atomic E-state index is 12.0. The van der Waals surface area contributed by atoms with Gasteiger partial charge in [-0.2, -0.15) is 0 Å². The average molecular weight is 316 g/mol. The Morgan fingerprint density at radius 2 is 2.17 bits per heavy atom. The molecule has 0 fully saturated rings. The lowest BCUT2D eigenvalue weighted by Crippen LogP contribution is -2.19. The zero-order chi connectivity index (χ0) is 16.4. The van der Waals surface area contributed by atoms with Crippen molar-refractivity contribution < 1.29 is 14.0 Å². The molecule has 10 nitrogen and oxygen atoms in total. The molecule has 1 aromatic carbocycles. The maximum Gasteiger partial charge on any atom is 0.417 e. The molecular formula is C13H12N6O4. The van der Waals surface area contributed by atoms with Gasteiger partial charge in [-0.15, -0.1) is 5.10 Å². The zero-order valence-electron chi connectivity index (χ0n) is 12.0. The quantitative estimate of drug-likeness (QED) is 0.634. The number of benzene rings is 1. The predicted octanol–water partition coefficient (Wildman–Crippen LogP) is 0.310. The van der Waals surface area contributed by atoms with Crippen LogP contribution in [0.25, 0.3) is 11.1 Å². The standard InChI is InChI=1S/C13H12N6O4/c1-7(20)14-11-5-19(18-17-11)6-12(21)15-8-2-3-9-10(4-8)23-13(22)16-9/h2-5H,6H2,1H3,(H,14,20)(H,15,21)(H,16,22). The molecule has 0 radical (unpaired) electrons. The van der Waals surface area contributed by atoms with E-state index >= 15 is 0 Å². The molecule has 0 unspecified atom stereocenters. The van der Waals surface area contributed by atoms with Crippen molar-refractivity contribution in [2.75, 3.05) is 10.6 Å². The lowest BCUT2D eigenvalue weighted by atomic mass is 10.3. The van der Waals surface area contributed by atoms with Crippen LogP contribution >= 0.6 is 0 Å². The maximum atomic E-state index is 12.0. The SMILES string of the molecule is CC(=O)Nc1cn(CC(=O)Nc2ccc3[nH]c(=O)oc3c2)nn1. The van der Waals surface area contributed by atoms with E-state index in [2.05, 4.69) is 25.9 Å².